The minimum absolute atomic E-state index is 0.106. The molecule has 0 saturated carbocycles. The first-order valence-electron chi connectivity index (χ1n) is 7.28. The summed E-state index contributed by atoms with van der Waals surface area (Å²) in [5, 5.41) is 9.63. The number of benzene rings is 1. The molecular weight excluding hydrogens is 288 g/mol. The van der Waals surface area contributed by atoms with E-state index in [2.05, 4.69) is 0 Å². The maximum Gasteiger partial charge on any atom is 0.325 e. The van der Waals surface area contributed by atoms with Crippen molar-refractivity contribution in [2.24, 2.45) is 0 Å². The molecule has 0 aliphatic heterocycles. The van der Waals surface area contributed by atoms with Gasteiger partial charge in [0.1, 0.15) is 0 Å². The van der Waals surface area contributed by atoms with Crippen LogP contribution in [-0.2, 0) is 14.6 Å². The number of sulfone groups is 1. The van der Waals surface area contributed by atoms with Gasteiger partial charge in [0.25, 0.3) is 0 Å². The Bertz CT molecular complexity index is 611. The largest absolute Gasteiger partial charge is 0.480 e. The highest BCUT2D eigenvalue weighted by Gasteiger charge is 2.50. The summed E-state index contributed by atoms with van der Waals surface area (Å²) in [5.74, 6) is -1.25. The topological polar surface area (TPSA) is 71.4 Å². The number of aliphatic carboxylic acids is 1. The molecule has 0 amide bonds. The van der Waals surface area contributed by atoms with E-state index in [0.29, 0.717) is 12.8 Å². The van der Waals surface area contributed by atoms with Crippen LogP contribution in [-0.4, -0.2) is 24.2 Å². The number of carboxylic acids is 1. The smallest absolute Gasteiger partial charge is 0.325 e. The molecule has 0 spiro atoms. The molecule has 0 aromatic heterocycles. The Morgan fingerprint density at radius 3 is 2.00 bits per heavy atom. The van der Waals surface area contributed by atoms with Crippen LogP contribution in [0.5, 0.6) is 0 Å². The lowest BCUT2D eigenvalue weighted by atomic mass is 9.97. The molecule has 0 bridgehead atoms. The summed E-state index contributed by atoms with van der Waals surface area (Å²) in [6.07, 6.45) is 1.28. The molecule has 4 nitrogen and oxygen atoms in total. The van der Waals surface area contributed by atoms with E-state index < -0.39 is 20.6 Å². The van der Waals surface area contributed by atoms with Gasteiger partial charge in [0, 0.05) is 0 Å². The van der Waals surface area contributed by atoms with Gasteiger partial charge in [-0.15, -0.1) is 0 Å². The van der Waals surface area contributed by atoms with E-state index in [9.17, 15) is 18.3 Å². The van der Waals surface area contributed by atoms with Gasteiger partial charge in [0.2, 0.25) is 0 Å². The van der Waals surface area contributed by atoms with Crippen molar-refractivity contribution in [3.05, 3.63) is 29.3 Å². The van der Waals surface area contributed by atoms with Gasteiger partial charge in [-0.3, -0.25) is 4.79 Å². The van der Waals surface area contributed by atoms with Gasteiger partial charge in [-0.05, 0) is 49.9 Å². The first-order chi connectivity index (χ1) is 9.72. The van der Waals surface area contributed by atoms with Crippen molar-refractivity contribution >= 4 is 15.8 Å². The van der Waals surface area contributed by atoms with Gasteiger partial charge in [-0.1, -0.05) is 32.8 Å². The highest BCUT2D eigenvalue weighted by molar-refractivity contribution is 7.93. The number of hydrogen-bond donors (Lipinski definition) is 1. The molecule has 0 unspecified atom stereocenters. The Labute approximate surface area is 127 Å². The van der Waals surface area contributed by atoms with Crippen LogP contribution in [0.1, 0.15) is 50.7 Å². The molecule has 0 saturated heterocycles. The maximum atomic E-state index is 13.0. The predicted molar refractivity (Wildman–Crippen MR) is 83.3 cm³/mol. The zero-order valence-corrected chi connectivity index (χ0v) is 14.0. The monoisotopic (exact) mass is 312 g/mol. The highest BCUT2D eigenvalue weighted by Crippen LogP contribution is 2.35. The van der Waals surface area contributed by atoms with Gasteiger partial charge in [-0.25, -0.2) is 8.42 Å². The third kappa shape index (κ3) is 3.12. The average Bonchev–Trinajstić information content (AvgIpc) is 2.40. The zero-order chi connectivity index (χ0) is 16.3. The Morgan fingerprint density at radius 2 is 1.62 bits per heavy atom. The molecule has 0 heterocycles. The fourth-order valence-electron chi connectivity index (χ4n) is 2.64. The molecule has 1 N–H and O–H groups in total. The summed E-state index contributed by atoms with van der Waals surface area (Å²) in [4.78, 5) is 11.9. The Kier molecular flexibility index (Phi) is 5.56. The molecule has 0 aliphatic rings. The molecular formula is C16H24O4S. The summed E-state index contributed by atoms with van der Waals surface area (Å²) >= 11 is 0. The summed E-state index contributed by atoms with van der Waals surface area (Å²) in [6, 6.07) is 4.82. The second-order valence-corrected chi connectivity index (χ2v) is 7.81. The van der Waals surface area contributed by atoms with Gasteiger partial charge in [0.05, 0.1) is 4.90 Å². The number of hydrogen-bond acceptors (Lipinski definition) is 3. The standard InChI is InChI=1S/C16H24O4S/c1-5-9-16(10-6-2,15(17)18)21(19,20)14-8-7-12(3)13(4)11-14/h7-8,11H,5-6,9-10H2,1-4H3,(H,17,18). The van der Waals surface area contributed by atoms with Crippen LogP contribution in [0.4, 0.5) is 0 Å². The zero-order valence-electron chi connectivity index (χ0n) is 13.1. The van der Waals surface area contributed by atoms with Crippen molar-refractivity contribution in [3.8, 4) is 0 Å². The highest BCUT2D eigenvalue weighted by atomic mass is 32.2. The molecule has 0 fully saturated rings. The van der Waals surface area contributed by atoms with Crippen molar-refractivity contribution in [3.63, 3.8) is 0 Å². The molecule has 0 aliphatic carbocycles. The van der Waals surface area contributed by atoms with Crippen molar-refractivity contribution in [1.82, 2.24) is 0 Å². The number of carbonyl (C=O) groups is 1. The summed E-state index contributed by atoms with van der Waals surface area (Å²) in [7, 11) is -3.93. The van der Waals surface area contributed by atoms with E-state index >= 15 is 0 Å². The maximum absolute atomic E-state index is 13.0. The van der Waals surface area contributed by atoms with Gasteiger partial charge in [-0.2, -0.15) is 0 Å². The first-order valence-corrected chi connectivity index (χ1v) is 8.76. The van der Waals surface area contributed by atoms with E-state index in [4.69, 9.17) is 0 Å². The third-order valence-corrected chi connectivity index (χ3v) is 6.49. The lowest BCUT2D eigenvalue weighted by molar-refractivity contribution is -0.140. The fourth-order valence-corrected chi connectivity index (χ4v) is 4.84. The number of rotatable bonds is 7. The van der Waals surface area contributed by atoms with E-state index in [1.165, 1.54) is 6.07 Å². The summed E-state index contributed by atoms with van der Waals surface area (Å²) < 4.78 is 24.2. The van der Waals surface area contributed by atoms with Crippen LogP contribution in [0.3, 0.4) is 0 Å². The lowest BCUT2D eigenvalue weighted by Gasteiger charge is -2.29. The third-order valence-electron chi connectivity index (χ3n) is 4.00. The van der Waals surface area contributed by atoms with Gasteiger partial charge in [0.15, 0.2) is 14.6 Å². The molecule has 1 aromatic rings. The van der Waals surface area contributed by atoms with E-state index in [0.717, 1.165) is 11.1 Å². The predicted octanol–water partition coefficient (Wildman–Crippen LogP) is 3.50. The van der Waals surface area contributed by atoms with Crippen LogP contribution < -0.4 is 0 Å². The van der Waals surface area contributed by atoms with Crippen molar-refractivity contribution in [1.29, 1.82) is 0 Å². The van der Waals surface area contributed by atoms with Crippen molar-refractivity contribution in [2.75, 3.05) is 0 Å². The molecule has 0 atom stereocenters. The van der Waals surface area contributed by atoms with E-state index in [1.54, 1.807) is 12.1 Å². The van der Waals surface area contributed by atoms with E-state index in [1.807, 2.05) is 27.7 Å². The Hall–Kier alpha value is -1.36. The number of aryl methyl sites for hydroxylation is 2. The second kappa shape index (κ2) is 6.60. The minimum Gasteiger partial charge on any atom is -0.480 e. The van der Waals surface area contributed by atoms with Gasteiger partial charge < -0.3 is 5.11 Å². The average molecular weight is 312 g/mol. The van der Waals surface area contributed by atoms with Crippen LogP contribution in [0.2, 0.25) is 0 Å². The normalized spacial score (nSPS) is 12.4. The molecule has 5 heteroatoms. The SMILES string of the molecule is CCCC(CCC)(C(=O)O)S(=O)(=O)c1ccc(C)c(C)c1. The molecule has 118 valence electrons. The van der Waals surface area contributed by atoms with Crippen LogP contribution in [0, 0.1) is 13.8 Å². The van der Waals surface area contributed by atoms with Crippen molar-refractivity contribution < 1.29 is 18.3 Å². The molecule has 1 rings (SSSR count). The minimum atomic E-state index is -3.93. The van der Waals surface area contributed by atoms with Crippen LogP contribution >= 0.6 is 0 Å². The Morgan fingerprint density at radius 1 is 1.10 bits per heavy atom. The number of carboxylic acid groups (broad SMARTS) is 1. The first kappa shape index (κ1) is 17.7. The van der Waals surface area contributed by atoms with Crippen LogP contribution in [0.25, 0.3) is 0 Å². The molecule has 1 aromatic carbocycles. The molecule has 0 radical (unpaired) electrons. The molecule has 21 heavy (non-hydrogen) atoms. The summed E-state index contributed by atoms with van der Waals surface area (Å²) in [5.41, 5.74) is 1.84. The van der Waals surface area contributed by atoms with Crippen molar-refractivity contribution in [2.45, 2.75) is 63.0 Å². The second-order valence-electron chi connectivity index (χ2n) is 5.55. The fraction of sp³-hybridized carbons (Fsp3) is 0.562. The Balaban J connectivity index is 3.52. The van der Waals surface area contributed by atoms with Crippen LogP contribution in [0.15, 0.2) is 23.1 Å². The van der Waals surface area contributed by atoms with E-state index in [-0.39, 0.29) is 17.7 Å². The summed E-state index contributed by atoms with van der Waals surface area (Å²) in [6.45, 7) is 7.34. The van der Waals surface area contributed by atoms with Gasteiger partial charge >= 0.3 is 5.97 Å². The quantitative estimate of drug-likeness (QED) is 0.836. The lowest BCUT2D eigenvalue weighted by Crippen LogP contribution is -2.46.